The van der Waals surface area contributed by atoms with E-state index in [1.807, 2.05) is 72.8 Å². The number of halogens is 1. The number of nitrogens with one attached hydrogen (secondary N) is 1. The van der Waals surface area contributed by atoms with E-state index in [9.17, 15) is 10.1 Å². The molecule has 3 rings (SSSR count). The molecule has 0 bridgehead atoms. The lowest BCUT2D eigenvalue weighted by Crippen LogP contribution is -2.25. The Morgan fingerprint density at radius 1 is 0.968 bits per heavy atom. The van der Waals surface area contributed by atoms with Crippen LogP contribution >= 0.6 is 22.6 Å². The van der Waals surface area contributed by atoms with Crippen molar-refractivity contribution in [2.24, 2.45) is 0 Å². The minimum atomic E-state index is -0.352. The zero-order chi connectivity index (χ0) is 21.9. The van der Waals surface area contributed by atoms with Crippen molar-refractivity contribution in [3.8, 4) is 11.8 Å². The largest absolute Gasteiger partial charge is 0.489 e. The Morgan fingerprint density at radius 3 is 2.35 bits per heavy atom. The Morgan fingerprint density at radius 2 is 1.68 bits per heavy atom. The highest BCUT2D eigenvalue weighted by Gasteiger charge is 2.08. The van der Waals surface area contributed by atoms with E-state index in [1.165, 1.54) is 9.13 Å². The molecule has 0 aliphatic carbocycles. The molecule has 1 amide bonds. The lowest BCUT2D eigenvalue weighted by molar-refractivity contribution is -0.117. The van der Waals surface area contributed by atoms with Crippen LogP contribution in [0.3, 0.4) is 0 Å². The number of benzene rings is 3. The third kappa shape index (κ3) is 7.58. The fraction of sp³-hybridized carbons (Fsp3) is 0.154. The van der Waals surface area contributed by atoms with Gasteiger partial charge in [-0.2, -0.15) is 5.26 Å². The van der Waals surface area contributed by atoms with E-state index in [2.05, 4.69) is 40.0 Å². The molecule has 0 heterocycles. The summed E-state index contributed by atoms with van der Waals surface area (Å²) in [4.78, 5) is 12.3. The number of rotatable bonds is 9. The summed E-state index contributed by atoms with van der Waals surface area (Å²) in [5.41, 5.74) is 3.20. The number of ether oxygens (including phenoxy) is 1. The highest BCUT2D eigenvalue weighted by Crippen LogP contribution is 2.17. The molecular weight excluding hydrogens is 499 g/mol. The molecule has 5 heteroatoms. The van der Waals surface area contributed by atoms with Crippen LogP contribution < -0.4 is 10.1 Å². The summed E-state index contributed by atoms with van der Waals surface area (Å²) in [6.07, 6.45) is 3.30. The van der Waals surface area contributed by atoms with Crippen molar-refractivity contribution in [2.75, 3.05) is 6.54 Å². The lowest BCUT2D eigenvalue weighted by Gasteiger charge is -2.07. The zero-order valence-corrected chi connectivity index (χ0v) is 19.2. The van der Waals surface area contributed by atoms with Gasteiger partial charge in [-0.25, -0.2) is 0 Å². The summed E-state index contributed by atoms with van der Waals surface area (Å²) >= 11 is 2.27. The van der Waals surface area contributed by atoms with Crippen molar-refractivity contribution in [2.45, 2.75) is 19.4 Å². The Balaban J connectivity index is 1.49. The average Bonchev–Trinajstić information content (AvgIpc) is 2.81. The molecule has 31 heavy (non-hydrogen) atoms. The lowest BCUT2D eigenvalue weighted by atomic mass is 10.1. The number of amides is 1. The van der Waals surface area contributed by atoms with Crippen LogP contribution in [0, 0.1) is 14.9 Å². The van der Waals surface area contributed by atoms with Crippen molar-refractivity contribution < 1.29 is 9.53 Å². The summed E-state index contributed by atoms with van der Waals surface area (Å²) in [6.45, 7) is 1.01. The van der Waals surface area contributed by atoms with Gasteiger partial charge in [0.1, 0.15) is 24.0 Å². The maximum atomic E-state index is 12.3. The fourth-order valence-corrected chi connectivity index (χ4v) is 3.32. The molecule has 0 aliphatic heterocycles. The summed E-state index contributed by atoms with van der Waals surface area (Å²) in [7, 11) is 0. The van der Waals surface area contributed by atoms with Crippen LogP contribution in [0.15, 0.2) is 84.4 Å². The molecule has 0 atom stereocenters. The summed E-state index contributed by atoms with van der Waals surface area (Å²) in [5, 5.41) is 12.2. The summed E-state index contributed by atoms with van der Waals surface area (Å²) < 4.78 is 6.99. The van der Waals surface area contributed by atoms with Crippen molar-refractivity contribution in [1.29, 1.82) is 5.26 Å². The number of hydrogen-bond acceptors (Lipinski definition) is 3. The molecule has 0 spiro atoms. The van der Waals surface area contributed by atoms with Crippen LogP contribution in [0.1, 0.15) is 23.1 Å². The van der Waals surface area contributed by atoms with Gasteiger partial charge in [0.25, 0.3) is 5.91 Å². The second-order valence-electron chi connectivity index (χ2n) is 7.00. The standard InChI is InChI=1S/C26H23IN2O2/c27-24-12-8-22(9-13-24)19-31-25-14-10-21(11-15-25)17-23(18-28)26(30)29-16-4-7-20-5-2-1-3-6-20/h1-3,5-6,8-15,17H,4,7,16,19H2,(H,29,30)/b23-17-. The van der Waals surface area contributed by atoms with Crippen LogP contribution in [0.25, 0.3) is 6.08 Å². The van der Waals surface area contributed by atoms with Crippen molar-refractivity contribution >= 4 is 34.6 Å². The second-order valence-corrected chi connectivity index (χ2v) is 8.24. The quantitative estimate of drug-likeness (QED) is 0.174. The molecule has 0 saturated heterocycles. The molecule has 4 nitrogen and oxygen atoms in total. The van der Waals surface area contributed by atoms with Crippen LogP contribution in [0.2, 0.25) is 0 Å². The van der Waals surface area contributed by atoms with E-state index in [-0.39, 0.29) is 11.5 Å². The van der Waals surface area contributed by atoms with E-state index in [4.69, 9.17) is 4.74 Å². The molecule has 0 saturated carbocycles. The summed E-state index contributed by atoms with van der Waals surface area (Å²) in [6, 6.07) is 27.6. The molecule has 0 aliphatic rings. The first kappa shape index (κ1) is 22.6. The van der Waals surface area contributed by atoms with E-state index < -0.39 is 0 Å². The van der Waals surface area contributed by atoms with Crippen molar-refractivity contribution in [3.05, 3.63) is 105 Å². The van der Waals surface area contributed by atoms with Gasteiger partial charge in [0, 0.05) is 10.1 Å². The molecule has 0 unspecified atom stereocenters. The molecule has 1 N–H and O–H groups in total. The first-order chi connectivity index (χ1) is 15.1. The predicted molar refractivity (Wildman–Crippen MR) is 131 cm³/mol. The van der Waals surface area contributed by atoms with Gasteiger partial charge in [0.15, 0.2) is 0 Å². The number of nitriles is 1. The van der Waals surface area contributed by atoms with Gasteiger partial charge < -0.3 is 10.1 Å². The number of aryl methyl sites for hydroxylation is 1. The Kier molecular flexibility index (Phi) is 8.68. The summed E-state index contributed by atoms with van der Waals surface area (Å²) in [5.74, 6) is 0.383. The maximum Gasteiger partial charge on any atom is 0.261 e. The van der Waals surface area contributed by atoms with E-state index >= 15 is 0 Å². The topological polar surface area (TPSA) is 62.1 Å². The predicted octanol–water partition coefficient (Wildman–Crippen LogP) is 5.53. The normalized spacial score (nSPS) is 10.9. The molecule has 3 aromatic rings. The van der Waals surface area contributed by atoms with Gasteiger partial charge in [-0.1, -0.05) is 54.6 Å². The molecule has 3 aromatic carbocycles. The van der Waals surface area contributed by atoms with Crippen LogP contribution in [0.4, 0.5) is 0 Å². The van der Waals surface area contributed by atoms with Crippen LogP contribution in [0.5, 0.6) is 5.75 Å². The first-order valence-electron chi connectivity index (χ1n) is 10.1. The van der Waals surface area contributed by atoms with Gasteiger partial charge in [-0.3, -0.25) is 4.79 Å². The van der Waals surface area contributed by atoms with E-state index in [0.717, 1.165) is 29.7 Å². The van der Waals surface area contributed by atoms with Crippen molar-refractivity contribution in [1.82, 2.24) is 5.32 Å². The zero-order valence-electron chi connectivity index (χ0n) is 17.1. The maximum absolute atomic E-state index is 12.3. The van der Waals surface area contributed by atoms with Gasteiger partial charge in [0.05, 0.1) is 0 Å². The van der Waals surface area contributed by atoms with Crippen LogP contribution in [-0.4, -0.2) is 12.5 Å². The first-order valence-corrected chi connectivity index (χ1v) is 11.1. The number of hydrogen-bond donors (Lipinski definition) is 1. The van der Waals surface area contributed by atoms with Gasteiger partial charge in [-0.05, 0) is 82.5 Å². The number of carbonyl (C=O) groups is 1. The van der Waals surface area contributed by atoms with Crippen molar-refractivity contribution in [3.63, 3.8) is 0 Å². The van der Waals surface area contributed by atoms with Crippen LogP contribution in [-0.2, 0) is 17.8 Å². The Bertz CT molecular complexity index is 1050. The van der Waals surface area contributed by atoms with Gasteiger partial charge >= 0.3 is 0 Å². The fourth-order valence-electron chi connectivity index (χ4n) is 2.96. The molecule has 0 fully saturated rings. The third-order valence-corrected chi connectivity index (χ3v) is 5.36. The highest BCUT2D eigenvalue weighted by atomic mass is 127. The Labute approximate surface area is 196 Å². The monoisotopic (exact) mass is 522 g/mol. The SMILES string of the molecule is N#C/C(=C/c1ccc(OCc2ccc(I)cc2)cc1)C(=O)NCCCc1ccccc1. The smallest absolute Gasteiger partial charge is 0.261 e. The number of carbonyl (C=O) groups excluding carboxylic acids is 1. The van der Waals surface area contributed by atoms with E-state index in [0.29, 0.717) is 13.2 Å². The minimum absolute atomic E-state index is 0.0901. The molecular formula is C26H23IN2O2. The molecule has 156 valence electrons. The third-order valence-electron chi connectivity index (χ3n) is 4.65. The van der Waals surface area contributed by atoms with E-state index in [1.54, 1.807) is 6.08 Å². The second kappa shape index (κ2) is 11.9. The highest BCUT2D eigenvalue weighted by molar-refractivity contribution is 14.1. The molecule has 0 aromatic heterocycles. The minimum Gasteiger partial charge on any atom is -0.489 e. The van der Waals surface area contributed by atoms with Gasteiger partial charge in [0.2, 0.25) is 0 Å². The van der Waals surface area contributed by atoms with Gasteiger partial charge in [-0.15, -0.1) is 0 Å². The molecule has 0 radical (unpaired) electrons. The number of nitrogens with zero attached hydrogens (tertiary/aromatic N) is 1. The Hall–Kier alpha value is -3.11. The average molecular weight is 522 g/mol.